The van der Waals surface area contributed by atoms with Crippen LogP contribution in [-0.2, 0) is 52.5 Å². The number of methoxy groups -OCH3 is 1. The van der Waals surface area contributed by atoms with Crippen LogP contribution in [0.25, 0.3) is 0 Å². The van der Waals surface area contributed by atoms with Gasteiger partial charge >= 0.3 is 29.8 Å². The maximum absolute atomic E-state index is 13.7. The molecule has 1 N–H and O–H groups in total. The van der Waals surface area contributed by atoms with E-state index in [9.17, 15) is 28.8 Å². The molecule has 1 amide bonds. The molecule has 0 unspecified atom stereocenters. The van der Waals surface area contributed by atoms with Crippen molar-refractivity contribution >= 4 is 35.8 Å². The van der Waals surface area contributed by atoms with Gasteiger partial charge in [-0.05, 0) is 5.56 Å². The van der Waals surface area contributed by atoms with Gasteiger partial charge in [-0.1, -0.05) is 30.3 Å². The highest BCUT2D eigenvalue weighted by molar-refractivity contribution is 5.92. The molecule has 0 saturated heterocycles. The Kier molecular flexibility index (Phi) is 9.53. The third kappa shape index (κ3) is 7.27. The monoisotopic (exact) mass is 507 g/mol. The van der Waals surface area contributed by atoms with Crippen LogP contribution in [0.3, 0.4) is 0 Å². The third-order valence-electron chi connectivity index (χ3n) is 5.33. The number of carbonyl (C=O) groups excluding carboxylic acids is 6. The van der Waals surface area contributed by atoms with E-state index in [2.05, 4.69) is 5.32 Å². The van der Waals surface area contributed by atoms with Gasteiger partial charge in [0.05, 0.1) is 7.11 Å². The van der Waals surface area contributed by atoms with Gasteiger partial charge in [0.25, 0.3) is 5.91 Å². The standard InChI is InChI=1S/C24H29NO11/c1-13(26)33-18-11-24(36-16(4)29,12-19(34-14(2)27)21(18)35-15(3)28)23(31)25-20(22(30)32-5)17-9-7-6-8-10-17/h6-10,18-21H,11-12H2,1-5H3,(H,25,31)/t18-,19-,20-,21?,24?/m1/s1. The fourth-order valence-corrected chi connectivity index (χ4v) is 4.09. The lowest BCUT2D eigenvalue weighted by Crippen LogP contribution is -2.63. The number of ether oxygens (including phenoxy) is 5. The van der Waals surface area contributed by atoms with E-state index in [0.29, 0.717) is 5.56 Å². The van der Waals surface area contributed by atoms with E-state index < -0.39 is 78.6 Å². The van der Waals surface area contributed by atoms with Crippen LogP contribution in [0, 0.1) is 0 Å². The number of benzene rings is 1. The van der Waals surface area contributed by atoms with Crippen LogP contribution in [0.4, 0.5) is 0 Å². The van der Waals surface area contributed by atoms with Crippen molar-refractivity contribution in [1.29, 1.82) is 0 Å². The number of amides is 1. The molecule has 0 bridgehead atoms. The molecule has 1 saturated carbocycles. The maximum Gasteiger partial charge on any atom is 0.333 e. The van der Waals surface area contributed by atoms with E-state index in [0.717, 1.165) is 34.8 Å². The van der Waals surface area contributed by atoms with Gasteiger partial charge < -0.3 is 29.0 Å². The molecular weight excluding hydrogens is 478 g/mol. The van der Waals surface area contributed by atoms with Crippen molar-refractivity contribution < 1.29 is 52.5 Å². The van der Waals surface area contributed by atoms with Crippen molar-refractivity contribution in [3.63, 3.8) is 0 Å². The fourth-order valence-electron chi connectivity index (χ4n) is 4.09. The Labute approximate surface area is 207 Å². The lowest BCUT2D eigenvalue weighted by molar-refractivity contribution is -0.215. The molecule has 1 aromatic carbocycles. The smallest absolute Gasteiger partial charge is 0.333 e. The summed E-state index contributed by atoms with van der Waals surface area (Å²) in [6.45, 7) is 4.36. The van der Waals surface area contributed by atoms with Crippen LogP contribution >= 0.6 is 0 Å². The minimum Gasteiger partial charge on any atom is -0.467 e. The van der Waals surface area contributed by atoms with E-state index in [-0.39, 0.29) is 0 Å². The summed E-state index contributed by atoms with van der Waals surface area (Å²) >= 11 is 0. The Hall–Kier alpha value is -3.96. The van der Waals surface area contributed by atoms with E-state index in [4.69, 9.17) is 23.7 Å². The van der Waals surface area contributed by atoms with Crippen molar-refractivity contribution in [3.8, 4) is 0 Å². The first-order valence-corrected chi connectivity index (χ1v) is 11.0. The van der Waals surface area contributed by atoms with Crippen molar-refractivity contribution in [1.82, 2.24) is 5.32 Å². The van der Waals surface area contributed by atoms with Gasteiger partial charge in [-0.3, -0.25) is 24.0 Å². The first kappa shape index (κ1) is 28.3. The lowest BCUT2D eigenvalue weighted by Gasteiger charge is -2.45. The Morgan fingerprint density at radius 3 is 1.72 bits per heavy atom. The largest absolute Gasteiger partial charge is 0.467 e. The Morgan fingerprint density at radius 1 is 0.806 bits per heavy atom. The summed E-state index contributed by atoms with van der Waals surface area (Å²) in [5.74, 6) is -4.92. The van der Waals surface area contributed by atoms with Crippen LogP contribution in [0.1, 0.15) is 52.1 Å². The van der Waals surface area contributed by atoms with Crippen LogP contribution in [0.2, 0.25) is 0 Å². The Bertz CT molecular complexity index is 981. The maximum atomic E-state index is 13.7. The molecule has 0 radical (unpaired) electrons. The average molecular weight is 507 g/mol. The summed E-state index contributed by atoms with van der Waals surface area (Å²) in [6, 6.07) is 6.90. The fraction of sp³-hybridized carbons (Fsp3) is 0.500. The zero-order valence-electron chi connectivity index (χ0n) is 20.6. The second-order valence-electron chi connectivity index (χ2n) is 8.21. The highest BCUT2D eigenvalue weighted by Crippen LogP contribution is 2.38. The van der Waals surface area contributed by atoms with E-state index in [1.54, 1.807) is 30.3 Å². The third-order valence-corrected chi connectivity index (χ3v) is 5.33. The van der Waals surface area contributed by atoms with Gasteiger partial charge in [-0.25, -0.2) is 4.79 Å². The summed E-state index contributed by atoms with van der Waals surface area (Å²) in [5, 5.41) is 2.52. The van der Waals surface area contributed by atoms with Gasteiger partial charge in [-0.15, -0.1) is 0 Å². The predicted molar refractivity (Wildman–Crippen MR) is 120 cm³/mol. The molecule has 0 heterocycles. The zero-order valence-corrected chi connectivity index (χ0v) is 20.6. The predicted octanol–water partition coefficient (Wildman–Crippen LogP) is 0.908. The molecule has 36 heavy (non-hydrogen) atoms. The topological polar surface area (TPSA) is 161 Å². The summed E-state index contributed by atoms with van der Waals surface area (Å²) in [5.41, 5.74) is -1.68. The summed E-state index contributed by atoms with van der Waals surface area (Å²) in [4.78, 5) is 73.7. The lowest BCUT2D eigenvalue weighted by atomic mass is 9.78. The Morgan fingerprint density at radius 2 is 1.31 bits per heavy atom. The average Bonchev–Trinajstić information content (AvgIpc) is 2.78. The number of carbonyl (C=O) groups is 6. The molecule has 3 atom stereocenters. The molecule has 1 fully saturated rings. The highest BCUT2D eigenvalue weighted by Gasteiger charge is 2.57. The first-order valence-electron chi connectivity index (χ1n) is 11.0. The van der Waals surface area contributed by atoms with Gasteiger partial charge in [0.2, 0.25) is 0 Å². The molecule has 1 aromatic rings. The molecule has 12 nitrogen and oxygen atoms in total. The molecule has 1 aliphatic rings. The van der Waals surface area contributed by atoms with Crippen molar-refractivity contribution in [2.24, 2.45) is 0 Å². The number of rotatable bonds is 8. The second kappa shape index (κ2) is 12.1. The van der Waals surface area contributed by atoms with Crippen molar-refractivity contribution in [2.45, 2.75) is 70.5 Å². The van der Waals surface area contributed by atoms with Crippen LogP contribution in [-0.4, -0.2) is 66.8 Å². The van der Waals surface area contributed by atoms with E-state index in [1.807, 2.05) is 0 Å². The first-order chi connectivity index (χ1) is 16.9. The molecule has 196 valence electrons. The van der Waals surface area contributed by atoms with Crippen LogP contribution in [0.5, 0.6) is 0 Å². The van der Waals surface area contributed by atoms with Crippen molar-refractivity contribution in [3.05, 3.63) is 35.9 Å². The number of hydrogen-bond acceptors (Lipinski definition) is 11. The minimum atomic E-state index is -2.07. The van der Waals surface area contributed by atoms with E-state index >= 15 is 0 Å². The molecule has 12 heteroatoms. The van der Waals surface area contributed by atoms with Crippen molar-refractivity contribution in [2.75, 3.05) is 7.11 Å². The SMILES string of the molecule is COC(=O)[C@H](NC(=O)C1(OC(C)=O)C[C@@H](OC(C)=O)C(OC(C)=O)[C@H](OC(C)=O)C1)c1ccccc1. The summed E-state index contributed by atoms with van der Waals surface area (Å²) < 4.78 is 26.1. The van der Waals surface area contributed by atoms with Gasteiger partial charge in [0.1, 0.15) is 12.2 Å². The molecule has 0 aliphatic heterocycles. The van der Waals surface area contributed by atoms with Gasteiger partial charge in [0.15, 0.2) is 17.7 Å². The van der Waals surface area contributed by atoms with Crippen LogP contribution in [0.15, 0.2) is 30.3 Å². The number of nitrogens with one attached hydrogen (secondary N) is 1. The van der Waals surface area contributed by atoms with Gasteiger partial charge in [-0.2, -0.15) is 0 Å². The number of hydrogen-bond donors (Lipinski definition) is 1. The molecule has 1 aliphatic carbocycles. The van der Waals surface area contributed by atoms with Crippen LogP contribution < -0.4 is 5.32 Å². The van der Waals surface area contributed by atoms with E-state index in [1.165, 1.54) is 0 Å². The highest BCUT2D eigenvalue weighted by atomic mass is 16.6. The number of esters is 5. The summed E-state index contributed by atoms with van der Waals surface area (Å²) in [7, 11) is 1.14. The molecule has 2 rings (SSSR count). The summed E-state index contributed by atoms with van der Waals surface area (Å²) in [6.07, 6.45) is -4.84. The minimum absolute atomic E-state index is 0.386. The molecule has 0 aromatic heterocycles. The second-order valence-corrected chi connectivity index (χ2v) is 8.21. The normalized spacial score (nSPS) is 23.9. The zero-order chi connectivity index (χ0) is 27.0. The quantitative estimate of drug-likeness (QED) is 0.393. The Balaban J connectivity index is 2.55. The van der Waals surface area contributed by atoms with Gasteiger partial charge in [0, 0.05) is 40.5 Å². The molecule has 0 spiro atoms. The molecular formula is C24H29NO11.